The predicted molar refractivity (Wildman–Crippen MR) is 93.5 cm³/mol. The number of hydrogen-bond donors (Lipinski definition) is 0. The number of carbonyl (C=O) groups is 1. The number of methoxy groups -OCH3 is 1. The zero-order chi connectivity index (χ0) is 19.6. The molecule has 0 spiro atoms. The van der Waals surface area contributed by atoms with Crippen molar-refractivity contribution < 1.29 is 28.0 Å². The molecule has 144 valence electrons. The molecule has 1 aliphatic rings. The first-order valence-electron chi connectivity index (χ1n) is 8.06. The summed E-state index contributed by atoms with van der Waals surface area (Å²) in [6.07, 6.45) is 1.70. The smallest absolute Gasteiger partial charge is 0.387 e. The SMILES string of the molecule is COc1cc(CN(C(=O)c2ccc([N+](=O)[O-])s2)C2CC2)ccc1OC(F)F. The first kappa shape index (κ1) is 19.0. The van der Waals surface area contributed by atoms with Crippen LogP contribution in [0.4, 0.5) is 13.8 Å². The number of hydrogen-bond acceptors (Lipinski definition) is 6. The number of nitrogens with zero attached hydrogens (tertiary/aromatic N) is 2. The van der Waals surface area contributed by atoms with Crippen LogP contribution in [0.1, 0.15) is 28.1 Å². The molecule has 1 fully saturated rings. The highest BCUT2D eigenvalue weighted by Gasteiger charge is 2.34. The molecule has 1 aromatic carbocycles. The van der Waals surface area contributed by atoms with Crippen LogP contribution in [0, 0.1) is 10.1 Å². The van der Waals surface area contributed by atoms with Crippen LogP contribution in [0.5, 0.6) is 11.5 Å². The fourth-order valence-electron chi connectivity index (χ4n) is 2.64. The molecule has 1 amide bonds. The Kier molecular flexibility index (Phi) is 5.54. The summed E-state index contributed by atoms with van der Waals surface area (Å²) < 4.78 is 34.4. The normalized spacial score (nSPS) is 13.5. The lowest BCUT2D eigenvalue weighted by Gasteiger charge is -2.22. The third kappa shape index (κ3) is 4.51. The van der Waals surface area contributed by atoms with Gasteiger partial charge in [0.15, 0.2) is 11.5 Å². The maximum Gasteiger partial charge on any atom is 0.387 e. The highest BCUT2D eigenvalue weighted by molar-refractivity contribution is 7.17. The second kappa shape index (κ2) is 7.87. The lowest BCUT2D eigenvalue weighted by atomic mass is 10.1. The Bertz CT molecular complexity index is 854. The summed E-state index contributed by atoms with van der Waals surface area (Å²) in [5.41, 5.74) is 0.680. The molecule has 10 heteroatoms. The number of ether oxygens (including phenoxy) is 2. The number of carbonyl (C=O) groups excluding carboxylic acids is 1. The van der Waals surface area contributed by atoms with E-state index >= 15 is 0 Å². The van der Waals surface area contributed by atoms with E-state index in [0.717, 1.165) is 24.2 Å². The molecule has 27 heavy (non-hydrogen) atoms. The van der Waals surface area contributed by atoms with E-state index in [1.807, 2.05) is 0 Å². The van der Waals surface area contributed by atoms with Gasteiger partial charge in [-0.3, -0.25) is 14.9 Å². The molecular weight excluding hydrogens is 382 g/mol. The Morgan fingerprint density at radius 1 is 1.33 bits per heavy atom. The molecule has 1 aromatic heterocycles. The number of alkyl halides is 2. The molecule has 0 radical (unpaired) electrons. The fourth-order valence-corrected chi connectivity index (χ4v) is 3.41. The quantitative estimate of drug-likeness (QED) is 0.495. The van der Waals surface area contributed by atoms with Crippen LogP contribution in [0.15, 0.2) is 30.3 Å². The molecule has 0 bridgehead atoms. The Balaban J connectivity index is 1.80. The van der Waals surface area contributed by atoms with E-state index in [2.05, 4.69) is 4.74 Å². The Morgan fingerprint density at radius 3 is 2.63 bits per heavy atom. The minimum Gasteiger partial charge on any atom is -0.493 e. The molecule has 0 saturated heterocycles. The van der Waals surface area contributed by atoms with Gasteiger partial charge in [0.25, 0.3) is 5.91 Å². The van der Waals surface area contributed by atoms with E-state index < -0.39 is 11.5 Å². The van der Waals surface area contributed by atoms with E-state index in [-0.39, 0.29) is 35.0 Å². The lowest BCUT2D eigenvalue weighted by molar-refractivity contribution is -0.380. The molecule has 1 saturated carbocycles. The molecule has 0 aliphatic heterocycles. The van der Waals surface area contributed by atoms with Gasteiger partial charge in [-0.1, -0.05) is 17.4 Å². The van der Waals surface area contributed by atoms with Crippen LogP contribution in [0.25, 0.3) is 0 Å². The third-order valence-electron chi connectivity index (χ3n) is 4.03. The van der Waals surface area contributed by atoms with E-state index in [4.69, 9.17) is 4.74 Å². The van der Waals surface area contributed by atoms with Gasteiger partial charge in [-0.2, -0.15) is 8.78 Å². The standard InChI is InChI=1S/C17H16F2N2O5S/c1-25-13-8-10(2-5-12(13)26-17(18)19)9-20(11-3-4-11)16(22)14-6-7-15(27-14)21(23)24/h2,5-8,11,17H,3-4,9H2,1H3. The third-order valence-corrected chi connectivity index (χ3v) is 5.05. The van der Waals surface area contributed by atoms with Gasteiger partial charge in [-0.25, -0.2) is 0 Å². The van der Waals surface area contributed by atoms with E-state index in [1.165, 1.54) is 31.4 Å². The summed E-state index contributed by atoms with van der Waals surface area (Å²) in [5.74, 6) is -0.236. The summed E-state index contributed by atoms with van der Waals surface area (Å²) in [5, 5.41) is 10.7. The topological polar surface area (TPSA) is 81.9 Å². The summed E-state index contributed by atoms with van der Waals surface area (Å²) in [6, 6.07) is 7.30. The first-order valence-corrected chi connectivity index (χ1v) is 8.87. The van der Waals surface area contributed by atoms with Gasteiger partial charge in [0.1, 0.15) is 0 Å². The van der Waals surface area contributed by atoms with Crippen molar-refractivity contribution in [3.63, 3.8) is 0 Å². The van der Waals surface area contributed by atoms with Crippen molar-refractivity contribution >= 4 is 22.2 Å². The molecule has 7 nitrogen and oxygen atoms in total. The maximum absolute atomic E-state index is 12.8. The van der Waals surface area contributed by atoms with Crippen molar-refractivity contribution in [3.8, 4) is 11.5 Å². The van der Waals surface area contributed by atoms with Gasteiger partial charge >= 0.3 is 11.6 Å². The van der Waals surface area contributed by atoms with Crippen LogP contribution < -0.4 is 9.47 Å². The van der Waals surface area contributed by atoms with Crippen molar-refractivity contribution in [1.82, 2.24) is 4.90 Å². The second-order valence-corrected chi connectivity index (χ2v) is 6.99. The highest BCUT2D eigenvalue weighted by atomic mass is 32.1. The molecule has 3 rings (SSSR count). The molecule has 1 aliphatic carbocycles. The highest BCUT2D eigenvalue weighted by Crippen LogP contribution is 2.35. The summed E-state index contributed by atoms with van der Waals surface area (Å²) in [6.45, 7) is -2.73. The zero-order valence-corrected chi connectivity index (χ0v) is 15.1. The molecule has 0 atom stereocenters. The van der Waals surface area contributed by atoms with Crippen LogP contribution >= 0.6 is 11.3 Å². The van der Waals surface area contributed by atoms with E-state index in [9.17, 15) is 23.7 Å². The minimum atomic E-state index is -2.97. The summed E-state index contributed by atoms with van der Waals surface area (Å²) in [4.78, 5) is 25.0. The monoisotopic (exact) mass is 398 g/mol. The number of rotatable bonds is 8. The average Bonchev–Trinajstić information content (AvgIpc) is 3.34. The number of thiophene rings is 1. The van der Waals surface area contributed by atoms with Gasteiger partial charge in [0, 0.05) is 18.7 Å². The maximum atomic E-state index is 12.8. The molecule has 0 N–H and O–H groups in total. The fraction of sp³-hybridized carbons (Fsp3) is 0.353. The van der Waals surface area contributed by atoms with Gasteiger partial charge in [-0.15, -0.1) is 0 Å². The summed E-state index contributed by atoms with van der Waals surface area (Å²) >= 11 is 0.832. The zero-order valence-electron chi connectivity index (χ0n) is 14.3. The van der Waals surface area contributed by atoms with Gasteiger partial charge in [-0.05, 0) is 36.6 Å². The number of nitro groups is 1. The van der Waals surface area contributed by atoms with Gasteiger partial charge in [0.05, 0.1) is 16.9 Å². The van der Waals surface area contributed by atoms with E-state index in [0.29, 0.717) is 10.4 Å². The molecular formula is C17H16F2N2O5S. The van der Waals surface area contributed by atoms with Crippen molar-refractivity contribution in [1.29, 1.82) is 0 Å². The van der Waals surface area contributed by atoms with Crippen molar-refractivity contribution in [2.24, 2.45) is 0 Å². The number of benzene rings is 1. The predicted octanol–water partition coefficient (Wildman–Crippen LogP) is 4.07. The Morgan fingerprint density at radius 2 is 2.07 bits per heavy atom. The second-order valence-electron chi connectivity index (χ2n) is 5.92. The van der Waals surface area contributed by atoms with Crippen LogP contribution in [-0.4, -0.2) is 35.5 Å². The Hall–Kier alpha value is -2.75. The minimum absolute atomic E-state index is 0.0571. The van der Waals surface area contributed by atoms with Crippen molar-refractivity contribution in [2.75, 3.05) is 7.11 Å². The molecule has 2 aromatic rings. The first-order chi connectivity index (χ1) is 12.9. The van der Waals surface area contributed by atoms with Gasteiger partial charge in [0.2, 0.25) is 0 Å². The van der Waals surface area contributed by atoms with Gasteiger partial charge < -0.3 is 14.4 Å². The average molecular weight is 398 g/mol. The van der Waals surface area contributed by atoms with Crippen molar-refractivity contribution in [2.45, 2.75) is 32.0 Å². The van der Waals surface area contributed by atoms with Crippen LogP contribution in [-0.2, 0) is 6.54 Å². The van der Waals surface area contributed by atoms with Crippen molar-refractivity contribution in [3.05, 3.63) is 50.9 Å². The lowest BCUT2D eigenvalue weighted by Crippen LogP contribution is -2.32. The number of amides is 1. The number of halogens is 2. The van der Waals surface area contributed by atoms with Crippen LogP contribution in [0.2, 0.25) is 0 Å². The van der Waals surface area contributed by atoms with E-state index in [1.54, 1.807) is 11.0 Å². The molecule has 1 heterocycles. The van der Waals surface area contributed by atoms with Crippen LogP contribution in [0.3, 0.4) is 0 Å². The largest absolute Gasteiger partial charge is 0.493 e. The Labute approximate surface area is 157 Å². The molecule has 0 unspecified atom stereocenters. The summed E-state index contributed by atoms with van der Waals surface area (Å²) in [7, 11) is 1.34.